The molecule has 4 aliphatic carbocycles. The Morgan fingerprint density at radius 3 is 2.56 bits per heavy atom. The van der Waals surface area contributed by atoms with Gasteiger partial charge in [0.1, 0.15) is 11.4 Å². The summed E-state index contributed by atoms with van der Waals surface area (Å²) in [5.41, 5.74) is -1.24. The number of hydrogen-bond acceptors (Lipinski definition) is 3. The van der Waals surface area contributed by atoms with Crippen LogP contribution < -0.4 is 0 Å². The molecule has 0 spiro atoms. The first-order valence-electron chi connectivity index (χ1n) is 10.2. The summed E-state index contributed by atoms with van der Waals surface area (Å²) in [4.78, 5) is 12.1. The molecule has 0 aromatic carbocycles. The number of fused-ring (bicyclic) bond motifs is 5. The minimum atomic E-state index is -0.921. The van der Waals surface area contributed by atoms with E-state index in [9.17, 15) is 9.90 Å². The van der Waals surface area contributed by atoms with Crippen LogP contribution in [0.1, 0.15) is 71.1 Å². The molecule has 4 fully saturated rings. The van der Waals surface area contributed by atoms with Crippen molar-refractivity contribution in [1.82, 2.24) is 0 Å². The van der Waals surface area contributed by atoms with E-state index in [0.29, 0.717) is 35.9 Å². The van der Waals surface area contributed by atoms with E-state index in [1.807, 2.05) is 0 Å². The van der Waals surface area contributed by atoms with Crippen molar-refractivity contribution in [2.75, 3.05) is 7.11 Å². The van der Waals surface area contributed by atoms with Crippen molar-refractivity contribution >= 4 is 5.78 Å². The molecule has 25 heavy (non-hydrogen) atoms. The zero-order valence-corrected chi connectivity index (χ0v) is 15.7. The van der Waals surface area contributed by atoms with Crippen molar-refractivity contribution in [2.45, 2.75) is 82.3 Å². The average molecular weight is 344 g/mol. The number of carbonyl (C=O) groups is 1. The summed E-state index contributed by atoms with van der Waals surface area (Å²) in [6.45, 7) is 2.21. The summed E-state index contributed by atoms with van der Waals surface area (Å²) in [5, 5.41) is 11.2. The molecule has 0 aromatic rings. The fraction of sp³-hybridized carbons (Fsp3) is 0.864. The summed E-state index contributed by atoms with van der Waals surface area (Å²) in [5.74, 6) is 5.47. The molecule has 1 N–H and O–H groups in total. The molecule has 0 heterocycles. The van der Waals surface area contributed by atoms with Gasteiger partial charge in [-0.3, -0.25) is 4.79 Å². The molecule has 7 atom stereocenters. The van der Waals surface area contributed by atoms with Gasteiger partial charge in [-0.2, -0.15) is 0 Å². The van der Waals surface area contributed by atoms with Crippen LogP contribution in [0.4, 0.5) is 0 Å². The Balaban J connectivity index is 1.67. The second-order valence-electron chi connectivity index (χ2n) is 9.19. The monoisotopic (exact) mass is 344 g/mol. The highest BCUT2D eigenvalue weighted by atomic mass is 16.5. The molecule has 4 aliphatic rings. The van der Waals surface area contributed by atoms with Gasteiger partial charge in [-0.1, -0.05) is 12.8 Å². The molecule has 3 nitrogen and oxygen atoms in total. The Kier molecular flexibility index (Phi) is 4.09. The first-order chi connectivity index (χ1) is 12.0. The lowest BCUT2D eigenvalue weighted by molar-refractivity contribution is -0.182. The first kappa shape index (κ1) is 17.6. The van der Waals surface area contributed by atoms with E-state index in [-0.39, 0.29) is 11.0 Å². The number of Topliss-reactive ketones (excluding diaryl/α,β-unsaturated/α-hetero) is 1. The van der Waals surface area contributed by atoms with Gasteiger partial charge in [-0.05, 0) is 75.0 Å². The van der Waals surface area contributed by atoms with Crippen LogP contribution in [-0.2, 0) is 9.53 Å². The van der Waals surface area contributed by atoms with Crippen LogP contribution in [0.5, 0.6) is 0 Å². The Hall–Kier alpha value is -0.850. The lowest BCUT2D eigenvalue weighted by Crippen LogP contribution is -2.59. The number of aliphatic hydroxyl groups is 1. The maximum Gasteiger partial charge on any atom is 0.135 e. The van der Waals surface area contributed by atoms with Gasteiger partial charge in [0.05, 0.1) is 5.60 Å². The second kappa shape index (κ2) is 5.83. The van der Waals surface area contributed by atoms with Crippen LogP contribution in [0.2, 0.25) is 0 Å². The SMILES string of the molecule is C#C[C@]1(O)CCC2C3CC[C@@]4(OC)CC(=O)CCC4C3CC[C@@]21CC. The van der Waals surface area contributed by atoms with Gasteiger partial charge < -0.3 is 9.84 Å². The van der Waals surface area contributed by atoms with Crippen LogP contribution in [0.25, 0.3) is 0 Å². The predicted molar refractivity (Wildman–Crippen MR) is 96.8 cm³/mol. The quantitative estimate of drug-likeness (QED) is 0.777. The van der Waals surface area contributed by atoms with Crippen LogP contribution in [0, 0.1) is 41.4 Å². The number of carbonyl (C=O) groups excluding carboxylic acids is 1. The summed E-state index contributed by atoms with van der Waals surface area (Å²) >= 11 is 0. The highest BCUT2D eigenvalue weighted by Gasteiger charge is 2.65. The molecule has 138 valence electrons. The van der Waals surface area contributed by atoms with Gasteiger partial charge in [0, 0.05) is 25.4 Å². The van der Waals surface area contributed by atoms with E-state index < -0.39 is 5.60 Å². The summed E-state index contributed by atoms with van der Waals surface area (Å²) in [7, 11) is 1.80. The van der Waals surface area contributed by atoms with Crippen LogP contribution >= 0.6 is 0 Å². The third-order valence-corrected chi connectivity index (χ3v) is 8.94. The number of methoxy groups -OCH3 is 1. The highest BCUT2D eigenvalue weighted by Crippen LogP contribution is 2.67. The number of terminal acetylenes is 1. The second-order valence-corrected chi connectivity index (χ2v) is 9.19. The lowest BCUT2D eigenvalue weighted by atomic mass is 9.47. The highest BCUT2D eigenvalue weighted by molar-refractivity contribution is 5.80. The zero-order chi connectivity index (χ0) is 17.9. The molecule has 0 amide bonds. The first-order valence-corrected chi connectivity index (χ1v) is 10.2. The summed E-state index contributed by atoms with van der Waals surface area (Å²) in [6.07, 6.45) is 15.2. The van der Waals surface area contributed by atoms with Crippen molar-refractivity contribution in [1.29, 1.82) is 0 Å². The Bertz CT molecular complexity index is 607. The fourth-order valence-corrected chi connectivity index (χ4v) is 7.76. The maximum atomic E-state index is 12.1. The average Bonchev–Trinajstić information content (AvgIpc) is 2.95. The Labute approximate surface area is 151 Å². The van der Waals surface area contributed by atoms with E-state index in [4.69, 9.17) is 11.2 Å². The van der Waals surface area contributed by atoms with Gasteiger partial charge >= 0.3 is 0 Å². The standard InChI is InChI=1S/C22H32O3/c1-4-20-11-8-17-16(18(20)10-13-22(20,24)5-2)9-12-21(25-3)14-15(23)6-7-19(17)21/h2,16-19,24H,4,6-14H2,1,3H3/t16?,17?,18?,19?,20-,21+,22-/m0/s1. The Morgan fingerprint density at radius 1 is 1.16 bits per heavy atom. The largest absolute Gasteiger partial charge is 0.377 e. The molecule has 3 heteroatoms. The Morgan fingerprint density at radius 2 is 1.88 bits per heavy atom. The number of ether oxygens (including phenoxy) is 1. The van der Waals surface area contributed by atoms with Crippen LogP contribution in [0.15, 0.2) is 0 Å². The molecule has 0 aliphatic heterocycles. The van der Waals surface area contributed by atoms with Gasteiger partial charge in [0.25, 0.3) is 0 Å². The topological polar surface area (TPSA) is 46.5 Å². The van der Waals surface area contributed by atoms with E-state index in [2.05, 4.69) is 12.8 Å². The molecular weight excluding hydrogens is 312 g/mol. The minimum Gasteiger partial charge on any atom is -0.377 e. The summed E-state index contributed by atoms with van der Waals surface area (Å²) < 4.78 is 6.02. The van der Waals surface area contributed by atoms with Crippen molar-refractivity contribution in [3.05, 3.63) is 0 Å². The zero-order valence-electron chi connectivity index (χ0n) is 15.7. The smallest absolute Gasteiger partial charge is 0.135 e. The lowest BCUT2D eigenvalue weighted by Gasteiger charge is -2.60. The van der Waals surface area contributed by atoms with Crippen molar-refractivity contribution in [3.8, 4) is 12.3 Å². The van der Waals surface area contributed by atoms with Crippen LogP contribution in [0.3, 0.4) is 0 Å². The van der Waals surface area contributed by atoms with E-state index in [1.165, 1.54) is 0 Å². The normalized spacial score (nSPS) is 52.0. The fourth-order valence-electron chi connectivity index (χ4n) is 7.76. The van der Waals surface area contributed by atoms with Crippen molar-refractivity contribution < 1.29 is 14.6 Å². The van der Waals surface area contributed by atoms with Crippen molar-refractivity contribution in [3.63, 3.8) is 0 Å². The van der Waals surface area contributed by atoms with Gasteiger partial charge in [-0.15, -0.1) is 6.42 Å². The molecule has 0 saturated heterocycles. The molecule has 0 radical (unpaired) electrons. The van der Waals surface area contributed by atoms with Gasteiger partial charge in [-0.25, -0.2) is 0 Å². The molecule has 4 rings (SSSR count). The molecule has 4 unspecified atom stereocenters. The third kappa shape index (κ3) is 2.17. The minimum absolute atomic E-state index is 0.0968. The van der Waals surface area contributed by atoms with Gasteiger partial charge in [0.15, 0.2) is 0 Å². The molecule has 0 bridgehead atoms. The van der Waals surface area contributed by atoms with Crippen LogP contribution in [-0.4, -0.2) is 29.2 Å². The summed E-state index contributed by atoms with van der Waals surface area (Å²) in [6, 6.07) is 0. The van der Waals surface area contributed by atoms with Gasteiger partial charge in [0.2, 0.25) is 0 Å². The van der Waals surface area contributed by atoms with Crippen molar-refractivity contribution in [2.24, 2.45) is 29.1 Å². The molecule has 4 saturated carbocycles. The number of hydrogen-bond donors (Lipinski definition) is 1. The molecule has 0 aromatic heterocycles. The maximum absolute atomic E-state index is 12.1. The van der Waals surface area contributed by atoms with E-state index >= 15 is 0 Å². The predicted octanol–water partition coefficient (Wildman–Crippen LogP) is 3.73. The third-order valence-electron chi connectivity index (χ3n) is 8.94. The molecular formula is C22H32O3. The number of ketones is 1. The van der Waals surface area contributed by atoms with E-state index in [1.54, 1.807) is 7.11 Å². The number of rotatable bonds is 2. The van der Waals surface area contributed by atoms with E-state index in [0.717, 1.165) is 57.8 Å².